The topological polar surface area (TPSA) is 49.8 Å². The lowest BCUT2D eigenvalue weighted by Crippen LogP contribution is -2.27. The van der Waals surface area contributed by atoms with E-state index in [-0.39, 0.29) is 26.4 Å². The first-order chi connectivity index (χ1) is 13.2. The van der Waals surface area contributed by atoms with E-state index in [2.05, 4.69) is 0 Å². The third-order valence-corrected chi connectivity index (χ3v) is 5.11. The molecule has 0 aromatic heterocycles. The molecule has 0 saturated carbocycles. The second-order valence-electron chi connectivity index (χ2n) is 5.73. The summed E-state index contributed by atoms with van der Waals surface area (Å²) >= 11 is 6.19. The summed E-state index contributed by atoms with van der Waals surface area (Å²) in [5, 5.41) is 9.76. The standard InChI is InChI=1S/C19H14F3NO3S2/c1-2-26-15-8-11(6-7-14(15)24)9-16-17(25)23(18(27)28-16)13-5-3-4-12(10-13)19(20,21)22/h3-10,24H,2H2,1H3. The summed E-state index contributed by atoms with van der Waals surface area (Å²) in [5.41, 5.74) is -0.213. The third-order valence-electron chi connectivity index (χ3n) is 3.81. The average Bonchev–Trinajstić information content (AvgIpc) is 2.91. The minimum atomic E-state index is -4.52. The fourth-order valence-corrected chi connectivity index (χ4v) is 3.85. The van der Waals surface area contributed by atoms with Crippen LogP contribution in [0.2, 0.25) is 0 Å². The van der Waals surface area contributed by atoms with Crippen LogP contribution in [0.5, 0.6) is 11.5 Å². The highest BCUT2D eigenvalue weighted by atomic mass is 32.2. The number of carbonyl (C=O) groups is 1. The van der Waals surface area contributed by atoms with Gasteiger partial charge in [-0.1, -0.05) is 36.1 Å². The maximum Gasteiger partial charge on any atom is 0.416 e. The van der Waals surface area contributed by atoms with E-state index in [1.165, 1.54) is 18.2 Å². The van der Waals surface area contributed by atoms with Gasteiger partial charge in [-0.15, -0.1) is 0 Å². The monoisotopic (exact) mass is 425 g/mol. The van der Waals surface area contributed by atoms with E-state index in [1.54, 1.807) is 25.1 Å². The molecule has 1 saturated heterocycles. The number of nitrogens with zero attached hydrogens (tertiary/aromatic N) is 1. The lowest BCUT2D eigenvalue weighted by atomic mass is 10.1. The second kappa shape index (κ2) is 7.84. The molecule has 9 heteroatoms. The predicted octanol–water partition coefficient (Wildman–Crippen LogP) is 5.22. The molecule has 0 bridgehead atoms. The molecule has 1 aliphatic rings. The summed E-state index contributed by atoms with van der Waals surface area (Å²) in [6.07, 6.45) is -2.97. The van der Waals surface area contributed by atoms with Gasteiger partial charge in [-0.3, -0.25) is 9.69 Å². The molecular weight excluding hydrogens is 411 g/mol. The van der Waals surface area contributed by atoms with E-state index >= 15 is 0 Å². The Morgan fingerprint density at radius 1 is 1.25 bits per heavy atom. The Balaban J connectivity index is 1.92. The van der Waals surface area contributed by atoms with Crippen molar-refractivity contribution in [2.45, 2.75) is 13.1 Å². The van der Waals surface area contributed by atoms with E-state index in [1.807, 2.05) is 0 Å². The SMILES string of the molecule is CCOc1cc(C=C2SC(=S)N(c3cccc(C(F)(F)F)c3)C2=O)ccc1O. The van der Waals surface area contributed by atoms with E-state index in [0.29, 0.717) is 12.2 Å². The summed E-state index contributed by atoms with van der Waals surface area (Å²) in [4.78, 5) is 14.1. The Morgan fingerprint density at radius 2 is 2.00 bits per heavy atom. The Morgan fingerprint density at radius 3 is 2.68 bits per heavy atom. The van der Waals surface area contributed by atoms with Crippen LogP contribution in [0.25, 0.3) is 6.08 Å². The number of carbonyl (C=O) groups excluding carboxylic acids is 1. The van der Waals surface area contributed by atoms with Gasteiger partial charge < -0.3 is 9.84 Å². The number of phenolic OH excluding ortho intramolecular Hbond substituents is 1. The molecule has 2 aromatic carbocycles. The molecule has 0 atom stereocenters. The number of hydrogen-bond acceptors (Lipinski definition) is 5. The Kier molecular flexibility index (Phi) is 5.66. The van der Waals surface area contributed by atoms with Crippen molar-refractivity contribution in [3.8, 4) is 11.5 Å². The number of anilines is 1. The van der Waals surface area contributed by atoms with Gasteiger partial charge in [-0.25, -0.2) is 0 Å². The predicted molar refractivity (Wildman–Crippen MR) is 106 cm³/mol. The van der Waals surface area contributed by atoms with Gasteiger partial charge in [0.05, 0.1) is 22.8 Å². The summed E-state index contributed by atoms with van der Waals surface area (Å²) in [6, 6.07) is 9.05. The highest BCUT2D eigenvalue weighted by Gasteiger charge is 2.36. The first-order valence-corrected chi connectivity index (χ1v) is 9.34. The maximum absolute atomic E-state index is 13.0. The number of aromatic hydroxyl groups is 1. The van der Waals surface area contributed by atoms with E-state index in [4.69, 9.17) is 17.0 Å². The van der Waals surface area contributed by atoms with Crippen LogP contribution in [0.1, 0.15) is 18.1 Å². The highest BCUT2D eigenvalue weighted by molar-refractivity contribution is 8.27. The quantitative estimate of drug-likeness (QED) is 0.538. The van der Waals surface area contributed by atoms with Gasteiger partial charge in [0.15, 0.2) is 15.8 Å². The Labute approximate surface area is 168 Å². The zero-order chi connectivity index (χ0) is 20.5. The molecule has 4 nitrogen and oxygen atoms in total. The molecule has 0 aliphatic carbocycles. The molecule has 2 aromatic rings. The molecule has 0 unspecified atom stereocenters. The van der Waals surface area contributed by atoms with Crippen molar-refractivity contribution in [1.29, 1.82) is 0 Å². The normalized spacial score (nSPS) is 16.1. The molecule has 1 amide bonds. The molecule has 146 valence electrons. The first kappa shape index (κ1) is 20.2. The maximum atomic E-state index is 13.0. The zero-order valence-electron chi connectivity index (χ0n) is 14.5. The van der Waals surface area contributed by atoms with Crippen LogP contribution >= 0.6 is 24.0 Å². The van der Waals surface area contributed by atoms with Gasteiger partial charge in [0, 0.05) is 0 Å². The molecule has 1 heterocycles. The van der Waals surface area contributed by atoms with Crippen LogP contribution in [0.4, 0.5) is 18.9 Å². The zero-order valence-corrected chi connectivity index (χ0v) is 16.1. The van der Waals surface area contributed by atoms with Crippen LogP contribution in [0.3, 0.4) is 0 Å². The Hall–Kier alpha value is -2.52. The van der Waals surface area contributed by atoms with Crippen LogP contribution in [-0.2, 0) is 11.0 Å². The molecule has 28 heavy (non-hydrogen) atoms. The molecule has 1 N–H and O–H groups in total. The number of hydrogen-bond donors (Lipinski definition) is 1. The number of benzene rings is 2. The van der Waals surface area contributed by atoms with Crippen molar-refractivity contribution < 1.29 is 27.8 Å². The number of thioether (sulfide) groups is 1. The third kappa shape index (κ3) is 4.15. The molecule has 1 fully saturated rings. The van der Waals surface area contributed by atoms with Crippen LogP contribution in [-0.4, -0.2) is 21.9 Å². The number of thiocarbonyl (C=S) groups is 1. The number of halogens is 3. The summed E-state index contributed by atoms with van der Waals surface area (Å²) in [5.74, 6) is -0.277. The van der Waals surface area contributed by atoms with Crippen LogP contribution in [0.15, 0.2) is 47.4 Å². The number of rotatable bonds is 4. The van der Waals surface area contributed by atoms with Gasteiger partial charge in [0.1, 0.15) is 0 Å². The molecule has 1 aliphatic heterocycles. The van der Waals surface area contributed by atoms with Crippen molar-refractivity contribution in [2.75, 3.05) is 11.5 Å². The first-order valence-electron chi connectivity index (χ1n) is 8.11. The minimum Gasteiger partial charge on any atom is -0.504 e. The van der Waals surface area contributed by atoms with Crippen LogP contribution in [0, 0.1) is 0 Å². The molecular formula is C19H14F3NO3S2. The van der Waals surface area contributed by atoms with Crippen molar-refractivity contribution in [1.82, 2.24) is 0 Å². The fraction of sp³-hybridized carbons (Fsp3) is 0.158. The summed E-state index contributed by atoms with van der Waals surface area (Å²) in [7, 11) is 0. The minimum absolute atomic E-state index is 0.0319. The van der Waals surface area contributed by atoms with Crippen LogP contribution < -0.4 is 9.64 Å². The molecule has 3 rings (SSSR count). The lowest BCUT2D eigenvalue weighted by molar-refractivity contribution is -0.137. The van der Waals surface area contributed by atoms with Gasteiger partial charge in [0.25, 0.3) is 5.91 Å². The average molecular weight is 425 g/mol. The second-order valence-corrected chi connectivity index (χ2v) is 7.40. The van der Waals surface area contributed by atoms with E-state index in [9.17, 15) is 23.1 Å². The van der Waals surface area contributed by atoms with E-state index < -0.39 is 17.6 Å². The van der Waals surface area contributed by atoms with Gasteiger partial charge >= 0.3 is 6.18 Å². The van der Waals surface area contributed by atoms with Crippen molar-refractivity contribution in [2.24, 2.45) is 0 Å². The number of ether oxygens (including phenoxy) is 1. The Bertz CT molecular complexity index is 973. The number of phenols is 1. The number of alkyl halides is 3. The highest BCUT2D eigenvalue weighted by Crippen LogP contribution is 2.39. The van der Waals surface area contributed by atoms with Crippen molar-refractivity contribution in [3.05, 3.63) is 58.5 Å². The van der Waals surface area contributed by atoms with Gasteiger partial charge in [0.2, 0.25) is 0 Å². The molecule has 0 radical (unpaired) electrons. The van der Waals surface area contributed by atoms with E-state index in [0.717, 1.165) is 28.8 Å². The van der Waals surface area contributed by atoms with Crippen molar-refractivity contribution in [3.63, 3.8) is 0 Å². The van der Waals surface area contributed by atoms with Gasteiger partial charge in [-0.05, 0) is 48.9 Å². The molecule has 0 spiro atoms. The fourth-order valence-electron chi connectivity index (χ4n) is 2.55. The summed E-state index contributed by atoms with van der Waals surface area (Å²) in [6.45, 7) is 2.13. The van der Waals surface area contributed by atoms with Gasteiger partial charge in [-0.2, -0.15) is 13.2 Å². The smallest absolute Gasteiger partial charge is 0.416 e. The van der Waals surface area contributed by atoms with Crippen molar-refractivity contribution >= 4 is 46.0 Å². The lowest BCUT2D eigenvalue weighted by Gasteiger charge is -2.16. The number of amides is 1. The largest absolute Gasteiger partial charge is 0.504 e. The summed E-state index contributed by atoms with van der Waals surface area (Å²) < 4.78 is 44.3.